The highest BCUT2D eigenvalue weighted by Gasteiger charge is 2.16. The Morgan fingerprint density at radius 2 is 2.22 bits per heavy atom. The molecule has 0 aliphatic carbocycles. The molecular weight excluding hydrogens is 232 g/mol. The third kappa shape index (κ3) is 2.27. The van der Waals surface area contributed by atoms with Crippen LogP contribution < -0.4 is 5.32 Å². The van der Waals surface area contributed by atoms with Gasteiger partial charge in [0.25, 0.3) is 0 Å². The van der Waals surface area contributed by atoms with Crippen LogP contribution in [0.2, 0.25) is 0 Å². The second kappa shape index (κ2) is 4.87. The number of rotatable bonds is 3. The molecule has 0 spiro atoms. The van der Waals surface area contributed by atoms with Crippen molar-refractivity contribution >= 4 is 0 Å². The molecule has 0 saturated carbocycles. The Kier molecular flexibility index (Phi) is 3.07. The molecule has 0 amide bonds. The quantitative estimate of drug-likeness (QED) is 0.816. The molecule has 0 unspecified atom stereocenters. The molecule has 1 fully saturated rings. The summed E-state index contributed by atoms with van der Waals surface area (Å²) in [6.07, 6.45) is 3.46. The minimum Gasteiger partial charge on any atom is -0.337 e. The highest BCUT2D eigenvalue weighted by molar-refractivity contribution is 5.46. The van der Waals surface area contributed by atoms with E-state index in [1.54, 1.807) is 12.5 Å². The van der Waals surface area contributed by atoms with Crippen LogP contribution in [0.1, 0.15) is 5.89 Å². The molecule has 0 radical (unpaired) electrons. The number of nitrogens with one attached hydrogen (secondary N) is 1. The van der Waals surface area contributed by atoms with E-state index in [1.807, 2.05) is 11.6 Å². The molecule has 1 saturated heterocycles. The van der Waals surface area contributed by atoms with E-state index < -0.39 is 0 Å². The zero-order valence-corrected chi connectivity index (χ0v) is 10.3. The number of aryl methyl sites for hydroxylation is 1. The minimum absolute atomic E-state index is 0.597. The summed E-state index contributed by atoms with van der Waals surface area (Å²) in [7, 11) is 1.91. The molecule has 0 atom stereocenters. The van der Waals surface area contributed by atoms with Crippen molar-refractivity contribution < 1.29 is 4.52 Å². The third-order valence-electron chi connectivity index (χ3n) is 3.08. The predicted octanol–water partition coefficient (Wildman–Crippen LogP) is -0.125. The number of aromatic nitrogens is 4. The number of hydrogen-bond acceptors (Lipinski definition) is 6. The first-order valence-electron chi connectivity index (χ1n) is 6.05. The van der Waals surface area contributed by atoms with Crippen molar-refractivity contribution in [3.05, 3.63) is 18.4 Å². The highest BCUT2D eigenvalue weighted by Crippen LogP contribution is 2.14. The average molecular weight is 248 g/mol. The summed E-state index contributed by atoms with van der Waals surface area (Å²) in [5, 5.41) is 7.31. The van der Waals surface area contributed by atoms with Crippen molar-refractivity contribution in [2.75, 3.05) is 26.2 Å². The van der Waals surface area contributed by atoms with E-state index in [1.165, 1.54) is 0 Å². The Morgan fingerprint density at radius 3 is 2.94 bits per heavy atom. The van der Waals surface area contributed by atoms with Gasteiger partial charge >= 0.3 is 0 Å². The SMILES string of the molecule is Cn1cncc1-c1noc(CN2CCNCC2)n1. The molecule has 3 rings (SSSR count). The van der Waals surface area contributed by atoms with E-state index in [9.17, 15) is 0 Å². The normalized spacial score (nSPS) is 17.2. The molecule has 7 nitrogen and oxygen atoms in total. The summed E-state index contributed by atoms with van der Waals surface area (Å²) in [5.74, 6) is 1.26. The standard InChI is InChI=1S/C11H16N6O/c1-16-8-13-6-9(16)11-14-10(18-15-11)7-17-4-2-12-3-5-17/h6,8,12H,2-5,7H2,1H3. The van der Waals surface area contributed by atoms with Crippen LogP contribution in [0.5, 0.6) is 0 Å². The lowest BCUT2D eigenvalue weighted by Crippen LogP contribution is -2.42. The first kappa shape index (κ1) is 11.4. The van der Waals surface area contributed by atoms with Gasteiger partial charge in [-0.05, 0) is 0 Å². The Morgan fingerprint density at radius 1 is 1.39 bits per heavy atom. The molecule has 1 aliphatic rings. The van der Waals surface area contributed by atoms with Crippen LogP contribution in [0.25, 0.3) is 11.5 Å². The second-order valence-corrected chi connectivity index (χ2v) is 4.43. The number of piperazine rings is 1. The first-order chi connectivity index (χ1) is 8.83. The van der Waals surface area contributed by atoms with Crippen LogP contribution in [-0.4, -0.2) is 50.8 Å². The first-order valence-corrected chi connectivity index (χ1v) is 6.05. The summed E-state index contributed by atoms with van der Waals surface area (Å²) in [6, 6.07) is 0. The minimum atomic E-state index is 0.597. The molecule has 1 N–H and O–H groups in total. The Balaban J connectivity index is 1.71. The molecule has 0 bridgehead atoms. The Bertz CT molecular complexity index is 513. The Hall–Kier alpha value is -1.73. The summed E-state index contributed by atoms with van der Waals surface area (Å²) >= 11 is 0. The lowest BCUT2D eigenvalue weighted by atomic mass is 10.3. The molecule has 18 heavy (non-hydrogen) atoms. The molecule has 3 heterocycles. The van der Waals surface area contributed by atoms with Crippen LogP contribution in [0.4, 0.5) is 0 Å². The summed E-state index contributed by atoms with van der Waals surface area (Å²) in [6.45, 7) is 4.78. The van der Waals surface area contributed by atoms with E-state index >= 15 is 0 Å². The lowest BCUT2D eigenvalue weighted by molar-refractivity contribution is 0.203. The molecular formula is C11H16N6O. The van der Waals surface area contributed by atoms with E-state index in [-0.39, 0.29) is 0 Å². The van der Waals surface area contributed by atoms with Crippen molar-refractivity contribution in [2.24, 2.45) is 7.05 Å². The van der Waals surface area contributed by atoms with Crippen LogP contribution in [0, 0.1) is 0 Å². The van der Waals surface area contributed by atoms with E-state index in [2.05, 4.69) is 25.3 Å². The average Bonchev–Trinajstić information content (AvgIpc) is 2.99. The van der Waals surface area contributed by atoms with Crippen molar-refractivity contribution in [3.63, 3.8) is 0 Å². The molecule has 0 aromatic carbocycles. The predicted molar refractivity (Wildman–Crippen MR) is 64.6 cm³/mol. The van der Waals surface area contributed by atoms with Crippen LogP contribution in [0.15, 0.2) is 17.0 Å². The van der Waals surface area contributed by atoms with Crippen molar-refractivity contribution in [1.82, 2.24) is 29.9 Å². The third-order valence-corrected chi connectivity index (χ3v) is 3.08. The highest BCUT2D eigenvalue weighted by atomic mass is 16.5. The molecule has 96 valence electrons. The fraction of sp³-hybridized carbons (Fsp3) is 0.545. The summed E-state index contributed by atoms with van der Waals surface area (Å²) in [4.78, 5) is 10.8. The molecule has 1 aliphatic heterocycles. The van der Waals surface area contributed by atoms with E-state index in [0.717, 1.165) is 31.9 Å². The van der Waals surface area contributed by atoms with Crippen molar-refractivity contribution in [1.29, 1.82) is 0 Å². The van der Waals surface area contributed by atoms with Gasteiger partial charge in [0, 0.05) is 33.2 Å². The smallest absolute Gasteiger partial charge is 0.241 e. The van der Waals surface area contributed by atoms with Gasteiger partial charge in [-0.2, -0.15) is 4.98 Å². The van der Waals surface area contributed by atoms with Gasteiger partial charge < -0.3 is 14.4 Å². The van der Waals surface area contributed by atoms with Gasteiger partial charge in [0.15, 0.2) is 0 Å². The van der Waals surface area contributed by atoms with E-state index in [4.69, 9.17) is 4.52 Å². The number of hydrogen-bond donors (Lipinski definition) is 1. The maximum absolute atomic E-state index is 5.28. The topological polar surface area (TPSA) is 72.0 Å². The second-order valence-electron chi connectivity index (χ2n) is 4.43. The van der Waals surface area contributed by atoms with Gasteiger partial charge in [0.05, 0.1) is 19.1 Å². The van der Waals surface area contributed by atoms with Gasteiger partial charge in [-0.3, -0.25) is 4.90 Å². The maximum Gasteiger partial charge on any atom is 0.241 e. The molecule has 2 aromatic rings. The van der Waals surface area contributed by atoms with Gasteiger partial charge in [0.1, 0.15) is 5.69 Å². The zero-order chi connectivity index (χ0) is 12.4. The molecule has 7 heteroatoms. The van der Waals surface area contributed by atoms with Crippen LogP contribution in [-0.2, 0) is 13.6 Å². The van der Waals surface area contributed by atoms with Crippen LogP contribution >= 0.6 is 0 Å². The van der Waals surface area contributed by atoms with Gasteiger partial charge in [-0.15, -0.1) is 0 Å². The van der Waals surface area contributed by atoms with Gasteiger partial charge in [-0.25, -0.2) is 4.98 Å². The largest absolute Gasteiger partial charge is 0.337 e. The zero-order valence-electron chi connectivity index (χ0n) is 10.3. The Labute approximate surface area is 105 Å². The maximum atomic E-state index is 5.28. The van der Waals surface area contributed by atoms with Crippen molar-refractivity contribution in [3.8, 4) is 11.5 Å². The van der Waals surface area contributed by atoms with E-state index in [0.29, 0.717) is 18.3 Å². The fourth-order valence-electron chi connectivity index (χ4n) is 2.06. The van der Waals surface area contributed by atoms with Crippen LogP contribution in [0.3, 0.4) is 0 Å². The summed E-state index contributed by atoms with van der Waals surface area (Å²) < 4.78 is 7.16. The number of imidazole rings is 1. The summed E-state index contributed by atoms with van der Waals surface area (Å²) in [5.41, 5.74) is 0.866. The lowest BCUT2D eigenvalue weighted by Gasteiger charge is -2.25. The molecule has 2 aromatic heterocycles. The monoisotopic (exact) mass is 248 g/mol. The van der Waals surface area contributed by atoms with Crippen molar-refractivity contribution in [2.45, 2.75) is 6.54 Å². The van der Waals surface area contributed by atoms with Gasteiger partial charge in [0.2, 0.25) is 11.7 Å². The fourth-order valence-corrected chi connectivity index (χ4v) is 2.06. The number of nitrogens with zero attached hydrogens (tertiary/aromatic N) is 5. The van der Waals surface area contributed by atoms with Gasteiger partial charge in [-0.1, -0.05) is 5.16 Å².